The molecule has 2 rings (SSSR count). The smallest absolute Gasteiger partial charge is 0.230 e. The summed E-state index contributed by atoms with van der Waals surface area (Å²) in [5.74, 6) is 0.0911. The van der Waals surface area contributed by atoms with Gasteiger partial charge in [-0.15, -0.1) is 0 Å². The summed E-state index contributed by atoms with van der Waals surface area (Å²) in [6, 6.07) is 10.1. The van der Waals surface area contributed by atoms with E-state index in [1.165, 1.54) is 0 Å². The maximum Gasteiger partial charge on any atom is 0.230 e. The van der Waals surface area contributed by atoms with Crippen LogP contribution in [0.25, 0.3) is 0 Å². The lowest BCUT2D eigenvalue weighted by Crippen LogP contribution is -2.57. The summed E-state index contributed by atoms with van der Waals surface area (Å²) in [4.78, 5) is 16.8. The van der Waals surface area contributed by atoms with Crippen LogP contribution in [0.3, 0.4) is 0 Å². The molecule has 2 N–H and O–H groups in total. The molecule has 1 saturated heterocycles. The highest BCUT2D eigenvalue weighted by atomic mass is 16.2. The maximum absolute atomic E-state index is 12.6. The van der Waals surface area contributed by atoms with Gasteiger partial charge in [0, 0.05) is 26.2 Å². The number of hydrogen-bond donors (Lipinski definition) is 1. The van der Waals surface area contributed by atoms with Gasteiger partial charge < -0.3 is 15.5 Å². The van der Waals surface area contributed by atoms with Gasteiger partial charge in [-0.05, 0) is 19.5 Å². The molecule has 1 aromatic rings. The fraction of sp³-hybridized carbons (Fsp3) is 0.533. The predicted octanol–water partition coefficient (Wildman–Crippen LogP) is 0.891. The van der Waals surface area contributed by atoms with Crippen molar-refractivity contribution in [3.63, 3.8) is 0 Å². The van der Waals surface area contributed by atoms with Crippen molar-refractivity contribution in [1.82, 2.24) is 9.80 Å². The highest BCUT2D eigenvalue weighted by Gasteiger charge is 2.30. The minimum absolute atomic E-state index is 0.0985. The number of piperazine rings is 1. The Morgan fingerprint density at radius 2 is 2.05 bits per heavy atom. The molecule has 0 aliphatic carbocycles. The number of carbonyl (C=O) groups excluding carboxylic acids is 1. The molecule has 0 spiro atoms. The molecule has 0 bridgehead atoms. The number of nitrogens with two attached hydrogens (primary N) is 1. The molecule has 0 aromatic heterocycles. The van der Waals surface area contributed by atoms with Gasteiger partial charge in [-0.1, -0.05) is 30.3 Å². The highest BCUT2D eigenvalue weighted by molar-refractivity contribution is 5.83. The SMILES string of the molecule is CC(C(=O)N1CCN(C)CC1CN)c1ccccc1. The van der Waals surface area contributed by atoms with E-state index in [0.29, 0.717) is 6.54 Å². The van der Waals surface area contributed by atoms with Crippen LogP contribution in [0.15, 0.2) is 30.3 Å². The van der Waals surface area contributed by atoms with Gasteiger partial charge in [0.15, 0.2) is 0 Å². The van der Waals surface area contributed by atoms with Crippen LogP contribution in [0.1, 0.15) is 18.4 Å². The van der Waals surface area contributed by atoms with E-state index in [-0.39, 0.29) is 17.9 Å². The minimum Gasteiger partial charge on any atom is -0.335 e. The van der Waals surface area contributed by atoms with E-state index in [9.17, 15) is 4.79 Å². The van der Waals surface area contributed by atoms with Crippen molar-refractivity contribution in [1.29, 1.82) is 0 Å². The van der Waals surface area contributed by atoms with Crippen molar-refractivity contribution in [2.45, 2.75) is 18.9 Å². The second-order valence-corrected chi connectivity index (χ2v) is 5.32. The van der Waals surface area contributed by atoms with Gasteiger partial charge >= 0.3 is 0 Å². The summed E-state index contributed by atoms with van der Waals surface area (Å²) < 4.78 is 0. The van der Waals surface area contributed by atoms with Crippen LogP contribution in [-0.4, -0.2) is 55.0 Å². The lowest BCUT2D eigenvalue weighted by molar-refractivity contribution is -0.136. The first-order valence-electron chi connectivity index (χ1n) is 6.87. The van der Waals surface area contributed by atoms with Gasteiger partial charge in [-0.3, -0.25) is 4.79 Å². The Balaban J connectivity index is 2.10. The van der Waals surface area contributed by atoms with Crippen molar-refractivity contribution < 1.29 is 4.79 Å². The topological polar surface area (TPSA) is 49.6 Å². The molecule has 1 aliphatic heterocycles. The quantitative estimate of drug-likeness (QED) is 0.879. The fourth-order valence-corrected chi connectivity index (χ4v) is 2.64. The summed E-state index contributed by atoms with van der Waals surface area (Å²) in [6.07, 6.45) is 0. The van der Waals surface area contributed by atoms with Crippen molar-refractivity contribution in [3.8, 4) is 0 Å². The number of benzene rings is 1. The van der Waals surface area contributed by atoms with Gasteiger partial charge in [-0.25, -0.2) is 0 Å². The van der Waals surface area contributed by atoms with Crippen LogP contribution < -0.4 is 5.73 Å². The third-order valence-corrected chi connectivity index (χ3v) is 3.91. The largest absolute Gasteiger partial charge is 0.335 e. The number of carbonyl (C=O) groups is 1. The summed E-state index contributed by atoms with van der Waals surface area (Å²) in [7, 11) is 2.07. The molecule has 2 unspecified atom stereocenters. The van der Waals surface area contributed by atoms with E-state index in [1.807, 2.05) is 42.2 Å². The maximum atomic E-state index is 12.6. The molecule has 2 atom stereocenters. The molecule has 1 aliphatic rings. The van der Waals surface area contributed by atoms with E-state index in [4.69, 9.17) is 5.73 Å². The van der Waals surface area contributed by atoms with Gasteiger partial charge in [0.2, 0.25) is 5.91 Å². The van der Waals surface area contributed by atoms with Crippen LogP contribution in [-0.2, 0) is 4.79 Å². The zero-order valence-electron chi connectivity index (χ0n) is 11.7. The predicted molar refractivity (Wildman–Crippen MR) is 76.9 cm³/mol. The molecular weight excluding hydrogens is 238 g/mol. The standard InChI is InChI=1S/C15H23N3O/c1-12(13-6-4-3-5-7-13)15(19)18-9-8-17(2)11-14(18)10-16/h3-7,12,14H,8-11,16H2,1-2H3. The van der Waals surface area contributed by atoms with Crippen molar-refractivity contribution in [2.75, 3.05) is 33.2 Å². The normalized spacial score (nSPS) is 22.3. The lowest BCUT2D eigenvalue weighted by atomic mass is 9.98. The molecule has 19 heavy (non-hydrogen) atoms. The zero-order valence-corrected chi connectivity index (χ0v) is 11.7. The van der Waals surface area contributed by atoms with E-state index >= 15 is 0 Å². The Morgan fingerprint density at radius 1 is 1.37 bits per heavy atom. The summed E-state index contributed by atoms with van der Waals surface area (Å²) >= 11 is 0. The first-order valence-corrected chi connectivity index (χ1v) is 6.87. The molecule has 0 saturated carbocycles. The van der Waals surface area contributed by atoms with Crippen LogP contribution in [0.4, 0.5) is 0 Å². The van der Waals surface area contributed by atoms with Crippen LogP contribution in [0.5, 0.6) is 0 Å². The molecular formula is C15H23N3O. The second kappa shape index (κ2) is 6.17. The molecule has 1 fully saturated rings. The molecule has 104 valence electrons. The van der Waals surface area contributed by atoms with Gasteiger partial charge in [-0.2, -0.15) is 0 Å². The Labute approximate surface area is 115 Å². The van der Waals surface area contributed by atoms with E-state index in [2.05, 4.69) is 11.9 Å². The van der Waals surface area contributed by atoms with Crippen molar-refractivity contribution >= 4 is 5.91 Å². The number of amides is 1. The van der Waals surface area contributed by atoms with Gasteiger partial charge in [0.25, 0.3) is 0 Å². The number of rotatable bonds is 3. The van der Waals surface area contributed by atoms with E-state index in [0.717, 1.165) is 25.2 Å². The Hall–Kier alpha value is -1.39. The summed E-state index contributed by atoms with van der Waals surface area (Å²) in [5.41, 5.74) is 6.88. The molecule has 4 nitrogen and oxygen atoms in total. The summed E-state index contributed by atoms with van der Waals surface area (Å²) in [6.45, 7) is 5.06. The monoisotopic (exact) mass is 261 g/mol. The molecule has 1 heterocycles. The van der Waals surface area contributed by atoms with Crippen LogP contribution in [0.2, 0.25) is 0 Å². The Bertz CT molecular complexity index is 421. The molecule has 1 aromatic carbocycles. The summed E-state index contributed by atoms with van der Waals surface area (Å²) in [5, 5.41) is 0. The lowest BCUT2D eigenvalue weighted by Gasteiger charge is -2.40. The number of nitrogens with zero attached hydrogens (tertiary/aromatic N) is 2. The molecule has 0 radical (unpaired) electrons. The van der Waals surface area contributed by atoms with Gasteiger partial charge in [0.1, 0.15) is 0 Å². The van der Waals surface area contributed by atoms with Crippen molar-refractivity contribution in [3.05, 3.63) is 35.9 Å². The van der Waals surface area contributed by atoms with E-state index in [1.54, 1.807) is 0 Å². The zero-order chi connectivity index (χ0) is 13.8. The number of likely N-dealkylation sites (N-methyl/N-ethyl adjacent to an activating group) is 1. The van der Waals surface area contributed by atoms with Crippen LogP contribution in [0, 0.1) is 0 Å². The first-order chi connectivity index (χ1) is 9.13. The average molecular weight is 261 g/mol. The number of hydrogen-bond acceptors (Lipinski definition) is 3. The fourth-order valence-electron chi connectivity index (χ4n) is 2.64. The third kappa shape index (κ3) is 3.14. The molecule has 4 heteroatoms. The van der Waals surface area contributed by atoms with Crippen LogP contribution >= 0.6 is 0 Å². The first kappa shape index (κ1) is 14.0. The average Bonchev–Trinajstić information content (AvgIpc) is 2.46. The van der Waals surface area contributed by atoms with E-state index < -0.39 is 0 Å². The molecule has 1 amide bonds. The van der Waals surface area contributed by atoms with Crippen molar-refractivity contribution in [2.24, 2.45) is 5.73 Å². The highest BCUT2D eigenvalue weighted by Crippen LogP contribution is 2.20. The minimum atomic E-state index is -0.0985. The van der Waals surface area contributed by atoms with Gasteiger partial charge in [0.05, 0.1) is 12.0 Å². The second-order valence-electron chi connectivity index (χ2n) is 5.32. The Kier molecular flexibility index (Phi) is 4.56. The Morgan fingerprint density at radius 3 is 2.68 bits per heavy atom. The third-order valence-electron chi connectivity index (χ3n) is 3.91.